The fraction of sp³-hybridized carbons (Fsp3) is 0.222. The zero-order valence-electron chi connectivity index (χ0n) is 12.9. The zero-order chi connectivity index (χ0) is 15.0. The van der Waals surface area contributed by atoms with Crippen LogP contribution in [0.4, 0.5) is 0 Å². The first-order valence-corrected chi connectivity index (χ1v) is 12.5. The third-order valence-corrected chi connectivity index (χ3v) is 6.86. The summed E-state index contributed by atoms with van der Waals surface area (Å²) in [5, 5.41) is 2.75. The van der Waals surface area contributed by atoms with Gasteiger partial charge in [-0.25, -0.2) is 0 Å². The first-order chi connectivity index (χ1) is 9.18. The minimum atomic E-state index is -1.16. The van der Waals surface area contributed by atoms with E-state index in [2.05, 4.69) is 87.8 Å². The number of rotatable bonds is 3. The maximum atomic E-state index is 4.29. The van der Waals surface area contributed by atoms with Crippen molar-refractivity contribution >= 4 is 37.0 Å². The number of benzene rings is 2. The Labute approximate surface area is 123 Å². The van der Waals surface area contributed by atoms with Crippen molar-refractivity contribution in [3.8, 4) is 11.1 Å². The summed E-state index contributed by atoms with van der Waals surface area (Å²) in [5.41, 5.74) is 2.54. The van der Waals surface area contributed by atoms with E-state index in [1.165, 1.54) is 21.7 Å². The molecule has 0 aliphatic rings. The van der Waals surface area contributed by atoms with Crippen LogP contribution in [-0.2, 0) is 0 Å². The van der Waals surface area contributed by atoms with Gasteiger partial charge < -0.3 is 0 Å². The van der Waals surface area contributed by atoms with E-state index < -0.39 is 13.8 Å². The zero-order valence-corrected chi connectivity index (χ0v) is 14.7. The summed E-state index contributed by atoms with van der Waals surface area (Å²) in [4.78, 5) is 0. The standard InChI is InChI=1S/C18H24P2/c1-19(2,3)17-11-7-15(8-12-17)16-9-13-18(14-10-16)20(4,5)6/h7-14H,1,4H2,2-3,5-6H3. The molecule has 0 bridgehead atoms. The van der Waals surface area contributed by atoms with E-state index in [0.717, 1.165) is 0 Å². The molecule has 0 aromatic heterocycles. The van der Waals surface area contributed by atoms with E-state index >= 15 is 0 Å². The topological polar surface area (TPSA) is 0 Å². The van der Waals surface area contributed by atoms with Gasteiger partial charge >= 0.3 is 0 Å². The summed E-state index contributed by atoms with van der Waals surface area (Å²) in [6, 6.07) is 17.7. The summed E-state index contributed by atoms with van der Waals surface area (Å²) in [6.07, 6.45) is 8.58. The molecule has 0 atom stereocenters. The van der Waals surface area contributed by atoms with Crippen LogP contribution in [-0.4, -0.2) is 39.3 Å². The van der Waals surface area contributed by atoms with Gasteiger partial charge in [0.2, 0.25) is 0 Å². The number of hydrogen-bond donors (Lipinski definition) is 0. The van der Waals surface area contributed by atoms with Crippen molar-refractivity contribution in [1.29, 1.82) is 0 Å². The van der Waals surface area contributed by atoms with Crippen LogP contribution < -0.4 is 10.6 Å². The lowest BCUT2D eigenvalue weighted by molar-refractivity contribution is 1.65. The van der Waals surface area contributed by atoms with E-state index in [1.54, 1.807) is 0 Å². The van der Waals surface area contributed by atoms with E-state index in [1.807, 2.05) is 0 Å². The van der Waals surface area contributed by atoms with Crippen molar-refractivity contribution in [1.82, 2.24) is 0 Å². The van der Waals surface area contributed by atoms with Crippen LogP contribution in [0.2, 0.25) is 0 Å². The Morgan fingerprint density at radius 1 is 0.550 bits per heavy atom. The summed E-state index contributed by atoms with van der Waals surface area (Å²) in [6.45, 7) is 6.66. The second kappa shape index (κ2) is 5.44. The van der Waals surface area contributed by atoms with Crippen LogP contribution in [0.25, 0.3) is 11.1 Å². The quantitative estimate of drug-likeness (QED) is 0.751. The SMILES string of the molecule is C=P(C)(C)c1ccc(-c2ccc(P(=C)(C)C)cc2)cc1. The smallest absolute Gasteiger partial charge is 0.0184 e. The fourth-order valence-corrected chi connectivity index (χ4v) is 4.03. The lowest BCUT2D eigenvalue weighted by Gasteiger charge is -2.15. The third kappa shape index (κ3) is 3.57. The molecule has 0 unspecified atom stereocenters. The van der Waals surface area contributed by atoms with Crippen molar-refractivity contribution in [2.45, 2.75) is 0 Å². The van der Waals surface area contributed by atoms with Crippen molar-refractivity contribution in [3.63, 3.8) is 0 Å². The second-order valence-electron chi connectivity index (χ2n) is 6.46. The molecule has 0 radical (unpaired) electrons. The van der Waals surface area contributed by atoms with Crippen molar-refractivity contribution < 1.29 is 0 Å². The fourth-order valence-electron chi connectivity index (χ4n) is 2.11. The number of hydrogen-bond acceptors (Lipinski definition) is 0. The Balaban J connectivity index is 2.33. The van der Waals surface area contributed by atoms with Gasteiger partial charge in [-0.3, -0.25) is 0 Å². The molecule has 0 aliphatic heterocycles. The molecule has 0 fully saturated rings. The molecule has 2 rings (SSSR count). The minimum absolute atomic E-state index is 1.16. The summed E-state index contributed by atoms with van der Waals surface area (Å²) in [7, 11) is 0. The van der Waals surface area contributed by atoms with Gasteiger partial charge in [-0.15, -0.1) is 0 Å². The molecular weight excluding hydrogens is 278 g/mol. The Bertz CT molecular complexity index is 616. The predicted octanol–water partition coefficient (Wildman–Crippen LogP) is 4.02. The molecular formula is C18H24P2. The van der Waals surface area contributed by atoms with Crippen LogP contribution in [0.3, 0.4) is 0 Å². The Hall–Kier alpha value is -0.960. The van der Waals surface area contributed by atoms with Gasteiger partial charge in [-0.1, -0.05) is 74.9 Å². The highest BCUT2D eigenvalue weighted by molar-refractivity contribution is 7.79. The lowest BCUT2D eigenvalue weighted by atomic mass is 10.1. The molecule has 0 aliphatic carbocycles. The first-order valence-electron chi connectivity index (χ1n) is 6.76. The van der Waals surface area contributed by atoms with Gasteiger partial charge in [0.05, 0.1) is 0 Å². The van der Waals surface area contributed by atoms with Crippen LogP contribution in [0.1, 0.15) is 0 Å². The van der Waals surface area contributed by atoms with Crippen molar-refractivity contribution in [2.24, 2.45) is 0 Å². The van der Waals surface area contributed by atoms with Gasteiger partial charge in [0.1, 0.15) is 0 Å². The van der Waals surface area contributed by atoms with Crippen LogP contribution >= 0.6 is 13.8 Å². The first kappa shape index (κ1) is 15.4. The average Bonchev–Trinajstić information content (AvgIpc) is 2.37. The monoisotopic (exact) mass is 302 g/mol. The van der Waals surface area contributed by atoms with Crippen LogP contribution in [0.5, 0.6) is 0 Å². The molecule has 2 aromatic carbocycles. The molecule has 0 spiro atoms. The molecule has 0 N–H and O–H groups in total. The summed E-state index contributed by atoms with van der Waals surface area (Å²) in [5.74, 6) is 0. The van der Waals surface area contributed by atoms with Gasteiger partial charge in [-0.2, -0.15) is 0 Å². The highest BCUT2D eigenvalue weighted by atomic mass is 31.2. The Kier molecular flexibility index (Phi) is 4.19. The molecule has 106 valence electrons. The van der Waals surface area contributed by atoms with Gasteiger partial charge in [0.15, 0.2) is 0 Å². The van der Waals surface area contributed by atoms with Gasteiger partial charge in [0, 0.05) is 0 Å². The molecule has 2 heteroatoms. The average molecular weight is 302 g/mol. The summed E-state index contributed by atoms with van der Waals surface area (Å²) < 4.78 is 0. The largest absolute Gasteiger partial charge is 0.0971 e. The van der Waals surface area contributed by atoms with E-state index in [4.69, 9.17) is 0 Å². The molecule has 0 nitrogen and oxygen atoms in total. The van der Waals surface area contributed by atoms with Crippen molar-refractivity contribution in [2.75, 3.05) is 26.7 Å². The second-order valence-corrected chi connectivity index (χ2v) is 14.2. The Morgan fingerprint density at radius 2 is 0.800 bits per heavy atom. The van der Waals surface area contributed by atoms with Gasteiger partial charge in [-0.05, 0) is 48.4 Å². The summed E-state index contributed by atoms with van der Waals surface area (Å²) >= 11 is 0. The predicted molar refractivity (Wildman–Crippen MR) is 103 cm³/mol. The molecule has 20 heavy (non-hydrogen) atoms. The lowest BCUT2D eigenvalue weighted by Crippen LogP contribution is -2.03. The van der Waals surface area contributed by atoms with Gasteiger partial charge in [0.25, 0.3) is 0 Å². The van der Waals surface area contributed by atoms with E-state index in [-0.39, 0.29) is 0 Å². The highest BCUT2D eigenvalue weighted by Crippen LogP contribution is 2.35. The highest BCUT2D eigenvalue weighted by Gasteiger charge is 2.06. The van der Waals surface area contributed by atoms with Crippen LogP contribution in [0, 0.1) is 0 Å². The maximum Gasteiger partial charge on any atom is -0.0184 e. The molecule has 2 aromatic rings. The Morgan fingerprint density at radius 3 is 1.00 bits per heavy atom. The van der Waals surface area contributed by atoms with E-state index in [9.17, 15) is 0 Å². The van der Waals surface area contributed by atoms with E-state index in [0.29, 0.717) is 0 Å². The minimum Gasteiger partial charge on any atom is -0.0971 e. The van der Waals surface area contributed by atoms with Crippen LogP contribution in [0.15, 0.2) is 48.5 Å². The maximum absolute atomic E-state index is 4.29. The molecule has 0 amide bonds. The van der Waals surface area contributed by atoms with Crippen molar-refractivity contribution in [3.05, 3.63) is 48.5 Å². The third-order valence-electron chi connectivity index (χ3n) is 3.47. The normalized spacial score (nSPS) is 12.4. The molecule has 0 saturated carbocycles. The molecule has 0 saturated heterocycles. The molecule has 0 heterocycles.